The fourth-order valence-corrected chi connectivity index (χ4v) is 2.93. The zero-order chi connectivity index (χ0) is 21.6. The Bertz CT molecular complexity index is 858. The Morgan fingerprint density at radius 2 is 1.72 bits per heavy atom. The number of hydroxylamine groups is 1. The van der Waals surface area contributed by atoms with Gasteiger partial charge in [-0.1, -0.05) is 11.8 Å². The zero-order valence-electron chi connectivity index (χ0n) is 16.3. The van der Waals surface area contributed by atoms with Crippen LogP contribution in [0.25, 0.3) is 0 Å². The van der Waals surface area contributed by atoms with Crippen LogP contribution in [0.5, 0.6) is 0 Å². The number of nitrogens with two attached hydrogens (primary N) is 1. The molecule has 4 atom stereocenters. The van der Waals surface area contributed by atoms with Gasteiger partial charge in [0.2, 0.25) is 0 Å². The summed E-state index contributed by atoms with van der Waals surface area (Å²) >= 11 is 0. The van der Waals surface area contributed by atoms with Gasteiger partial charge in [-0.3, -0.25) is 14.8 Å². The van der Waals surface area contributed by atoms with Gasteiger partial charge < -0.3 is 21.3 Å². The first kappa shape index (κ1) is 22.4. The molecular weight excluding hydrogens is 374 g/mol. The molecule has 0 aromatic heterocycles. The number of hydrogen-bond acceptors (Lipinski definition) is 6. The minimum Gasteiger partial charge on any atom is -0.390 e. The van der Waals surface area contributed by atoms with Crippen molar-refractivity contribution in [3.05, 3.63) is 35.4 Å². The SMILES string of the molecule is CC(C)(N)[C@H](NC(=O)c1ccc(C#CC#C[C@@H]2C[C@@H](O)[C@@H](O)C2)cc1)C(=O)NO. The van der Waals surface area contributed by atoms with Crippen LogP contribution in [0.15, 0.2) is 24.3 Å². The summed E-state index contributed by atoms with van der Waals surface area (Å²) < 4.78 is 0. The third kappa shape index (κ3) is 6.31. The fourth-order valence-electron chi connectivity index (χ4n) is 2.93. The van der Waals surface area contributed by atoms with E-state index in [2.05, 4.69) is 29.0 Å². The molecule has 8 heteroatoms. The summed E-state index contributed by atoms with van der Waals surface area (Å²) in [6.45, 7) is 3.11. The molecule has 0 saturated heterocycles. The summed E-state index contributed by atoms with van der Waals surface area (Å²) in [7, 11) is 0. The van der Waals surface area contributed by atoms with Crippen molar-refractivity contribution >= 4 is 11.8 Å². The lowest BCUT2D eigenvalue weighted by molar-refractivity contribution is -0.132. The van der Waals surface area contributed by atoms with E-state index < -0.39 is 35.6 Å². The number of carbonyl (C=O) groups excluding carboxylic acids is 2. The number of amides is 2. The molecule has 2 rings (SSSR count). The highest BCUT2D eigenvalue weighted by molar-refractivity contribution is 5.97. The maximum absolute atomic E-state index is 12.4. The van der Waals surface area contributed by atoms with Crippen LogP contribution in [0.4, 0.5) is 0 Å². The van der Waals surface area contributed by atoms with Crippen molar-refractivity contribution in [1.29, 1.82) is 0 Å². The normalized spacial score (nSPS) is 21.8. The first-order valence-electron chi connectivity index (χ1n) is 9.13. The second-order valence-electron chi connectivity index (χ2n) is 7.60. The van der Waals surface area contributed by atoms with E-state index in [0.29, 0.717) is 24.0 Å². The van der Waals surface area contributed by atoms with Crippen molar-refractivity contribution in [3.8, 4) is 23.7 Å². The highest BCUT2D eigenvalue weighted by atomic mass is 16.5. The summed E-state index contributed by atoms with van der Waals surface area (Å²) in [5.41, 5.74) is 7.25. The maximum Gasteiger partial charge on any atom is 0.267 e. The van der Waals surface area contributed by atoms with Crippen LogP contribution < -0.4 is 16.5 Å². The van der Waals surface area contributed by atoms with Gasteiger partial charge in [-0.15, -0.1) is 0 Å². The van der Waals surface area contributed by atoms with E-state index in [1.54, 1.807) is 38.1 Å². The average molecular weight is 399 g/mol. The molecule has 0 heterocycles. The van der Waals surface area contributed by atoms with E-state index in [9.17, 15) is 19.8 Å². The molecule has 0 bridgehead atoms. The summed E-state index contributed by atoms with van der Waals surface area (Å²) in [6.07, 6.45) is -0.578. The molecule has 1 aliphatic carbocycles. The summed E-state index contributed by atoms with van der Waals surface area (Å²) in [5.74, 6) is 9.80. The van der Waals surface area contributed by atoms with E-state index in [-0.39, 0.29) is 5.92 Å². The monoisotopic (exact) mass is 399 g/mol. The Morgan fingerprint density at radius 1 is 1.14 bits per heavy atom. The highest BCUT2D eigenvalue weighted by Crippen LogP contribution is 2.25. The summed E-state index contributed by atoms with van der Waals surface area (Å²) in [4.78, 5) is 24.1. The molecule has 29 heavy (non-hydrogen) atoms. The Morgan fingerprint density at radius 3 is 2.24 bits per heavy atom. The molecule has 0 aliphatic heterocycles. The molecule has 1 aromatic rings. The third-order valence-electron chi connectivity index (χ3n) is 4.58. The summed E-state index contributed by atoms with van der Waals surface area (Å²) in [6, 6.07) is 5.26. The lowest BCUT2D eigenvalue weighted by atomic mass is 9.95. The van der Waals surface area contributed by atoms with E-state index in [0.717, 1.165) is 0 Å². The van der Waals surface area contributed by atoms with Gasteiger partial charge in [0.05, 0.1) is 12.2 Å². The number of carbonyl (C=O) groups is 2. The van der Waals surface area contributed by atoms with Crippen molar-refractivity contribution in [2.45, 2.75) is 50.5 Å². The number of benzene rings is 1. The van der Waals surface area contributed by atoms with Gasteiger partial charge in [0, 0.05) is 22.6 Å². The Kier molecular flexibility index (Phi) is 7.38. The maximum atomic E-state index is 12.4. The number of nitrogens with one attached hydrogen (secondary N) is 2. The van der Waals surface area contributed by atoms with Crippen molar-refractivity contribution in [3.63, 3.8) is 0 Å². The van der Waals surface area contributed by atoms with E-state index in [1.165, 1.54) is 5.48 Å². The van der Waals surface area contributed by atoms with E-state index >= 15 is 0 Å². The number of hydrogen-bond donors (Lipinski definition) is 6. The van der Waals surface area contributed by atoms with Crippen molar-refractivity contribution in [1.82, 2.24) is 10.8 Å². The molecule has 1 fully saturated rings. The van der Waals surface area contributed by atoms with Gasteiger partial charge in [-0.05, 0) is 62.8 Å². The smallest absolute Gasteiger partial charge is 0.267 e. The largest absolute Gasteiger partial charge is 0.390 e. The molecule has 1 saturated carbocycles. The second kappa shape index (κ2) is 9.55. The van der Waals surface area contributed by atoms with Crippen LogP contribution in [0.2, 0.25) is 0 Å². The van der Waals surface area contributed by atoms with Gasteiger partial charge >= 0.3 is 0 Å². The molecular formula is C21H25N3O5. The first-order chi connectivity index (χ1) is 13.6. The molecule has 0 unspecified atom stereocenters. The molecule has 0 spiro atoms. The van der Waals surface area contributed by atoms with Crippen LogP contribution in [-0.4, -0.2) is 51.0 Å². The van der Waals surface area contributed by atoms with Gasteiger partial charge in [-0.2, -0.15) is 0 Å². The third-order valence-corrected chi connectivity index (χ3v) is 4.58. The lowest BCUT2D eigenvalue weighted by Gasteiger charge is -2.29. The van der Waals surface area contributed by atoms with Crippen molar-refractivity contribution in [2.24, 2.45) is 11.7 Å². The number of aliphatic hydroxyl groups is 2. The van der Waals surface area contributed by atoms with Gasteiger partial charge in [0.1, 0.15) is 6.04 Å². The van der Waals surface area contributed by atoms with Crippen LogP contribution in [0, 0.1) is 29.6 Å². The molecule has 1 aromatic carbocycles. The van der Waals surface area contributed by atoms with Crippen molar-refractivity contribution < 1.29 is 25.0 Å². The predicted molar refractivity (Wildman–Crippen MR) is 105 cm³/mol. The standard InChI is InChI=1S/C21H25N3O5/c1-21(2,22)18(20(28)24-29)23-19(27)15-9-7-13(8-10-15)5-3-4-6-14-11-16(25)17(26)12-14/h7-10,14,16-18,25-26,29H,11-12,22H2,1-2H3,(H,23,27)(H,24,28)/t14-,16-,17+,18-/m1/s1. The fraction of sp³-hybridized carbons (Fsp3) is 0.429. The Labute approximate surface area is 169 Å². The Hall–Kier alpha value is -2.88. The minimum absolute atomic E-state index is 0.0729. The highest BCUT2D eigenvalue weighted by Gasteiger charge is 2.33. The second-order valence-corrected chi connectivity index (χ2v) is 7.60. The van der Waals surface area contributed by atoms with E-state index in [1.807, 2.05) is 0 Å². The van der Waals surface area contributed by atoms with Gasteiger partial charge in [0.25, 0.3) is 11.8 Å². The van der Waals surface area contributed by atoms with Crippen LogP contribution in [0.3, 0.4) is 0 Å². The molecule has 1 aliphatic rings. The van der Waals surface area contributed by atoms with Crippen LogP contribution in [-0.2, 0) is 4.79 Å². The molecule has 154 valence electrons. The van der Waals surface area contributed by atoms with Gasteiger partial charge in [-0.25, -0.2) is 5.48 Å². The predicted octanol–water partition coefficient (Wildman–Crippen LogP) is -0.486. The zero-order valence-corrected chi connectivity index (χ0v) is 16.3. The number of aliphatic hydroxyl groups excluding tert-OH is 2. The summed E-state index contributed by atoms with van der Waals surface area (Å²) in [5, 5.41) is 30.3. The lowest BCUT2D eigenvalue weighted by Crippen LogP contribution is -2.61. The minimum atomic E-state index is -1.12. The number of rotatable bonds is 4. The van der Waals surface area contributed by atoms with Crippen molar-refractivity contribution in [2.75, 3.05) is 0 Å². The Balaban J connectivity index is 2.00. The average Bonchev–Trinajstić information content (AvgIpc) is 2.99. The molecule has 0 radical (unpaired) electrons. The topological polar surface area (TPSA) is 145 Å². The van der Waals surface area contributed by atoms with Gasteiger partial charge in [0.15, 0.2) is 0 Å². The van der Waals surface area contributed by atoms with Crippen LogP contribution in [0.1, 0.15) is 42.6 Å². The van der Waals surface area contributed by atoms with E-state index in [4.69, 9.17) is 10.9 Å². The quantitative estimate of drug-likeness (QED) is 0.229. The molecule has 7 N–H and O–H groups in total. The molecule has 8 nitrogen and oxygen atoms in total. The van der Waals surface area contributed by atoms with Crippen LogP contribution >= 0.6 is 0 Å². The first-order valence-corrected chi connectivity index (χ1v) is 9.13. The molecule has 2 amide bonds.